The Morgan fingerprint density at radius 2 is 2.25 bits per heavy atom. The summed E-state index contributed by atoms with van der Waals surface area (Å²) in [5, 5.41) is 11.9. The summed E-state index contributed by atoms with van der Waals surface area (Å²) < 4.78 is 12.8. The average Bonchev–Trinajstić information content (AvgIpc) is 3.40. The van der Waals surface area contributed by atoms with Gasteiger partial charge in [-0.3, -0.25) is 18.9 Å². The number of aromatic nitrogens is 2. The van der Waals surface area contributed by atoms with Crippen LogP contribution in [0.3, 0.4) is 0 Å². The minimum absolute atomic E-state index is 0.0130. The summed E-state index contributed by atoms with van der Waals surface area (Å²) in [5.41, 5.74) is 0.464. The Labute approximate surface area is 194 Å². The van der Waals surface area contributed by atoms with Gasteiger partial charge in [0.15, 0.2) is 0 Å². The summed E-state index contributed by atoms with van der Waals surface area (Å²) in [4.78, 5) is 32.7. The molecule has 11 heteroatoms. The fourth-order valence-electron chi connectivity index (χ4n) is 3.56. The normalized spacial score (nSPS) is 20.1. The number of carbonyl (C=O) groups is 1. The maximum absolute atomic E-state index is 13.2. The number of thioether (sulfide) groups is 1. The van der Waals surface area contributed by atoms with Gasteiger partial charge in [0.2, 0.25) is 0 Å². The Hall–Kier alpha value is -2.31. The molecule has 0 spiro atoms. The SMILES string of the molecule is O=C1/C(=C/c2c(NCCOCCO)nc3ccccn3c2=O)SC(=S)N1CC1CCCO1. The number of fused-ring (bicyclic) bond motifs is 1. The van der Waals surface area contributed by atoms with E-state index in [1.807, 2.05) is 0 Å². The molecular formula is C21H24N4O5S2. The molecule has 0 bridgehead atoms. The predicted molar refractivity (Wildman–Crippen MR) is 127 cm³/mol. The first-order valence-corrected chi connectivity index (χ1v) is 11.6. The van der Waals surface area contributed by atoms with Crippen LogP contribution in [0.5, 0.6) is 0 Å². The molecule has 0 saturated carbocycles. The molecule has 170 valence electrons. The lowest BCUT2D eigenvalue weighted by molar-refractivity contribution is -0.123. The van der Waals surface area contributed by atoms with Gasteiger partial charge in [-0.2, -0.15) is 0 Å². The highest BCUT2D eigenvalue weighted by Gasteiger charge is 2.35. The van der Waals surface area contributed by atoms with E-state index < -0.39 is 0 Å². The second-order valence-corrected chi connectivity index (χ2v) is 8.97. The number of aliphatic hydroxyl groups excluding tert-OH is 1. The molecule has 2 aromatic rings. The van der Waals surface area contributed by atoms with Gasteiger partial charge in [0.1, 0.15) is 15.8 Å². The maximum atomic E-state index is 13.2. The van der Waals surface area contributed by atoms with E-state index in [1.54, 1.807) is 35.4 Å². The summed E-state index contributed by atoms with van der Waals surface area (Å²) in [6, 6.07) is 5.28. The molecule has 2 aliphatic rings. The van der Waals surface area contributed by atoms with E-state index in [-0.39, 0.29) is 36.3 Å². The van der Waals surface area contributed by atoms with Gasteiger partial charge >= 0.3 is 0 Å². The molecular weight excluding hydrogens is 452 g/mol. The Kier molecular flexibility index (Phi) is 7.53. The summed E-state index contributed by atoms with van der Waals surface area (Å²) in [6.07, 6.45) is 5.06. The smallest absolute Gasteiger partial charge is 0.267 e. The van der Waals surface area contributed by atoms with Gasteiger partial charge in [0, 0.05) is 19.3 Å². The van der Waals surface area contributed by atoms with Crippen LogP contribution in [0.15, 0.2) is 34.1 Å². The Morgan fingerprint density at radius 1 is 1.38 bits per heavy atom. The van der Waals surface area contributed by atoms with Crippen molar-refractivity contribution in [2.45, 2.75) is 18.9 Å². The molecule has 32 heavy (non-hydrogen) atoms. The van der Waals surface area contributed by atoms with Gasteiger partial charge in [-0.05, 0) is 31.1 Å². The van der Waals surface area contributed by atoms with E-state index in [0.717, 1.165) is 12.8 Å². The number of hydrogen-bond donors (Lipinski definition) is 2. The van der Waals surface area contributed by atoms with Crippen LogP contribution < -0.4 is 10.9 Å². The van der Waals surface area contributed by atoms with Crippen LogP contribution in [-0.4, -0.2) is 75.2 Å². The zero-order valence-electron chi connectivity index (χ0n) is 17.4. The lowest BCUT2D eigenvalue weighted by atomic mass is 10.2. The summed E-state index contributed by atoms with van der Waals surface area (Å²) in [6.45, 7) is 2.01. The van der Waals surface area contributed by atoms with Crippen molar-refractivity contribution in [2.24, 2.45) is 0 Å². The van der Waals surface area contributed by atoms with Crippen molar-refractivity contribution in [2.75, 3.05) is 44.8 Å². The third-order valence-electron chi connectivity index (χ3n) is 5.10. The number of rotatable bonds is 9. The first-order valence-electron chi connectivity index (χ1n) is 10.4. The zero-order chi connectivity index (χ0) is 22.5. The third kappa shape index (κ3) is 5.02. The number of hydrogen-bond acceptors (Lipinski definition) is 9. The Balaban J connectivity index is 1.63. The van der Waals surface area contributed by atoms with Crippen LogP contribution in [0.1, 0.15) is 18.4 Å². The molecule has 0 aliphatic carbocycles. The number of ether oxygens (including phenoxy) is 2. The van der Waals surface area contributed by atoms with Crippen LogP contribution in [0.4, 0.5) is 5.82 Å². The van der Waals surface area contributed by atoms with Crippen molar-refractivity contribution >= 4 is 51.7 Å². The topological polar surface area (TPSA) is 105 Å². The van der Waals surface area contributed by atoms with Crippen molar-refractivity contribution in [3.8, 4) is 0 Å². The number of aliphatic hydroxyl groups is 1. The number of pyridine rings is 1. The highest BCUT2D eigenvalue weighted by molar-refractivity contribution is 8.26. The molecule has 9 nitrogen and oxygen atoms in total. The van der Waals surface area contributed by atoms with Crippen molar-refractivity contribution in [3.05, 3.63) is 45.2 Å². The fourth-order valence-corrected chi connectivity index (χ4v) is 4.81. The minimum atomic E-state index is -0.293. The molecule has 4 rings (SSSR count). The van der Waals surface area contributed by atoms with Crippen LogP contribution in [0, 0.1) is 0 Å². The van der Waals surface area contributed by atoms with E-state index in [2.05, 4.69) is 10.3 Å². The van der Waals surface area contributed by atoms with E-state index in [1.165, 1.54) is 16.2 Å². The molecule has 2 aromatic heterocycles. The molecule has 4 heterocycles. The van der Waals surface area contributed by atoms with Crippen molar-refractivity contribution in [1.29, 1.82) is 0 Å². The standard InChI is InChI=1S/C21H24N4O5S2/c26-8-11-29-10-6-22-18-15(19(27)24-7-2-1-5-17(24)23-18)12-16-20(28)25(21(31)32-16)13-14-4-3-9-30-14/h1-2,5,7,12,14,22,26H,3-4,6,8-11,13H2/b16-12-. The van der Waals surface area contributed by atoms with Crippen LogP contribution >= 0.6 is 24.0 Å². The van der Waals surface area contributed by atoms with Gasteiger partial charge in [0.25, 0.3) is 11.5 Å². The van der Waals surface area contributed by atoms with Gasteiger partial charge < -0.3 is 19.9 Å². The molecule has 1 atom stereocenters. The highest BCUT2D eigenvalue weighted by atomic mass is 32.2. The van der Waals surface area contributed by atoms with Gasteiger partial charge in [-0.1, -0.05) is 30.0 Å². The zero-order valence-corrected chi connectivity index (χ0v) is 19.0. The Bertz CT molecular complexity index is 1100. The lowest BCUT2D eigenvalue weighted by Gasteiger charge is -2.18. The first kappa shape index (κ1) is 22.9. The van der Waals surface area contributed by atoms with Gasteiger partial charge in [-0.15, -0.1) is 0 Å². The van der Waals surface area contributed by atoms with Gasteiger partial charge in [0.05, 0.1) is 42.9 Å². The predicted octanol–water partition coefficient (Wildman–Crippen LogP) is 1.50. The van der Waals surface area contributed by atoms with E-state index >= 15 is 0 Å². The second-order valence-electron chi connectivity index (χ2n) is 7.30. The largest absolute Gasteiger partial charge is 0.394 e. The molecule has 1 unspecified atom stereocenters. The summed E-state index contributed by atoms with van der Waals surface area (Å²) in [7, 11) is 0. The maximum Gasteiger partial charge on any atom is 0.267 e. The number of carbonyl (C=O) groups excluding carboxylic acids is 1. The molecule has 0 radical (unpaired) electrons. The van der Waals surface area contributed by atoms with Gasteiger partial charge in [-0.25, -0.2) is 4.98 Å². The van der Waals surface area contributed by atoms with Crippen molar-refractivity contribution in [1.82, 2.24) is 14.3 Å². The van der Waals surface area contributed by atoms with Crippen molar-refractivity contribution in [3.63, 3.8) is 0 Å². The average molecular weight is 477 g/mol. The molecule has 2 fully saturated rings. The molecule has 2 saturated heterocycles. The number of nitrogens with zero attached hydrogens (tertiary/aromatic N) is 3. The van der Waals surface area contributed by atoms with Crippen LogP contribution in [-0.2, 0) is 14.3 Å². The summed E-state index contributed by atoms with van der Waals surface area (Å²) >= 11 is 6.59. The summed E-state index contributed by atoms with van der Waals surface area (Å²) in [5.74, 6) is 0.128. The van der Waals surface area contributed by atoms with Crippen LogP contribution in [0.2, 0.25) is 0 Å². The molecule has 2 N–H and O–H groups in total. The quantitative estimate of drug-likeness (QED) is 0.316. The lowest BCUT2D eigenvalue weighted by Crippen LogP contribution is -2.35. The molecule has 2 aliphatic heterocycles. The molecule has 0 aromatic carbocycles. The number of anilines is 1. The van der Waals surface area contributed by atoms with Crippen LogP contribution in [0.25, 0.3) is 11.7 Å². The third-order valence-corrected chi connectivity index (χ3v) is 6.48. The number of nitrogens with one attached hydrogen (secondary N) is 1. The number of amides is 1. The van der Waals surface area contributed by atoms with E-state index in [0.29, 0.717) is 47.0 Å². The van der Waals surface area contributed by atoms with Crippen molar-refractivity contribution < 1.29 is 19.4 Å². The molecule has 1 amide bonds. The monoisotopic (exact) mass is 476 g/mol. The van der Waals surface area contributed by atoms with E-state index in [9.17, 15) is 9.59 Å². The Morgan fingerprint density at radius 3 is 3.03 bits per heavy atom. The first-order chi connectivity index (χ1) is 15.6. The number of thiocarbonyl (C=S) groups is 1. The highest BCUT2D eigenvalue weighted by Crippen LogP contribution is 2.34. The fraction of sp³-hybridized carbons (Fsp3) is 0.429. The van der Waals surface area contributed by atoms with E-state index in [4.69, 9.17) is 26.8 Å². The second kappa shape index (κ2) is 10.5. The minimum Gasteiger partial charge on any atom is -0.394 e.